The second kappa shape index (κ2) is 9.13. The minimum absolute atomic E-state index is 0.134. The molecule has 0 spiro atoms. The topological polar surface area (TPSA) is 124 Å². The minimum Gasteiger partial charge on any atom is -0.393 e. The molecule has 12 heteroatoms. The number of nitrogens with one attached hydrogen (secondary N) is 1. The third-order valence-corrected chi connectivity index (χ3v) is 4.69. The van der Waals surface area contributed by atoms with Gasteiger partial charge >= 0.3 is 0 Å². The molecule has 0 aliphatic carbocycles. The molecule has 1 atom stereocenters. The Balaban J connectivity index is 1.71. The van der Waals surface area contributed by atoms with E-state index in [1.807, 2.05) is 0 Å². The van der Waals surface area contributed by atoms with Gasteiger partial charge in [0.1, 0.15) is 11.4 Å². The lowest BCUT2D eigenvalue weighted by Crippen LogP contribution is -2.52. The van der Waals surface area contributed by atoms with Gasteiger partial charge in [0.25, 0.3) is 5.91 Å². The molecule has 1 aromatic heterocycles. The number of aliphatic hydroxyl groups is 2. The number of rotatable bonds is 6. The van der Waals surface area contributed by atoms with Crippen molar-refractivity contribution in [3.05, 3.63) is 35.7 Å². The van der Waals surface area contributed by atoms with Crippen LogP contribution in [0, 0.1) is 11.6 Å². The summed E-state index contributed by atoms with van der Waals surface area (Å²) in [6.07, 6.45) is -0.0387. The number of hydrogen-bond acceptors (Lipinski definition) is 7. The van der Waals surface area contributed by atoms with Crippen molar-refractivity contribution in [3.8, 4) is 5.69 Å². The quantitative estimate of drug-likeness (QED) is 0.554. The van der Waals surface area contributed by atoms with E-state index >= 15 is 0 Å². The second-order valence-electron chi connectivity index (χ2n) is 6.83. The van der Waals surface area contributed by atoms with Gasteiger partial charge in [0.05, 0.1) is 25.0 Å². The molecular weight excluding hydrogens is 402 g/mol. The summed E-state index contributed by atoms with van der Waals surface area (Å²) in [7, 11) is 0. The summed E-state index contributed by atoms with van der Waals surface area (Å²) in [5, 5.41) is 28.5. The van der Waals surface area contributed by atoms with E-state index in [9.17, 15) is 23.5 Å². The highest BCUT2D eigenvalue weighted by Crippen LogP contribution is 2.27. The number of carbonyl (C=O) groups is 2. The van der Waals surface area contributed by atoms with Crippen LogP contribution in [0.5, 0.6) is 0 Å². The number of piperazine rings is 1. The van der Waals surface area contributed by atoms with Crippen LogP contribution in [-0.4, -0.2) is 80.8 Å². The molecule has 3 rings (SSSR count). The van der Waals surface area contributed by atoms with E-state index in [-0.39, 0.29) is 50.0 Å². The number of nitrogens with zero attached hydrogens (tertiary/aromatic N) is 5. The van der Waals surface area contributed by atoms with E-state index in [1.54, 1.807) is 0 Å². The fourth-order valence-corrected chi connectivity index (χ4v) is 3.15. The minimum atomic E-state index is -1.50. The number of benzene rings is 1. The zero-order valence-corrected chi connectivity index (χ0v) is 16.3. The first-order chi connectivity index (χ1) is 14.3. The SMILES string of the molecule is CC(=O)NCc1cn(-c2cc(F)c(N3CCN(C(=O)[C@H](O)CO)CC3)c(F)c2)nn1. The molecule has 30 heavy (non-hydrogen) atoms. The molecule has 162 valence electrons. The Kier molecular flexibility index (Phi) is 6.57. The average Bonchev–Trinajstić information content (AvgIpc) is 3.20. The predicted octanol–water partition coefficient (Wildman–Crippen LogP) is -0.817. The smallest absolute Gasteiger partial charge is 0.253 e. The van der Waals surface area contributed by atoms with Crippen molar-refractivity contribution in [2.75, 3.05) is 37.7 Å². The molecule has 2 heterocycles. The number of halogens is 2. The zero-order chi connectivity index (χ0) is 21.8. The Bertz CT molecular complexity index is 906. The van der Waals surface area contributed by atoms with Gasteiger partial charge in [0, 0.05) is 45.2 Å². The lowest BCUT2D eigenvalue weighted by Gasteiger charge is -2.37. The molecule has 2 amide bonds. The molecule has 10 nitrogen and oxygen atoms in total. The molecule has 1 fully saturated rings. The average molecular weight is 424 g/mol. The van der Waals surface area contributed by atoms with Crippen LogP contribution in [0.1, 0.15) is 12.6 Å². The van der Waals surface area contributed by atoms with Crippen molar-refractivity contribution in [2.24, 2.45) is 0 Å². The van der Waals surface area contributed by atoms with Gasteiger partial charge in [-0.2, -0.15) is 0 Å². The van der Waals surface area contributed by atoms with Gasteiger partial charge in [-0.05, 0) is 0 Å². The summed E-state index contributed by atoms with van der Waals surface area (Å²) < 4.78 is 30.7. The van der Waals surface area contributed by atoms with Crippen LogP contribution >= 0.6 is 0 Å². The summed E-state index contributed by atoms with van der Waals surface area (Å²) in [5.41, 5.74) is 0.350. The number of anilines is 1. The van der Waals surface area contributed by atoms with Crippen molar-refractivity contribution in [1.82, 2.24) is 25.2 Å². The molecular formula is C18H22F2N6O4. The van der Waals surface area contributed by atoms with E-state index in [1.165, 1.54) is 27.6 Å². The standard InChI is InChI=1S/C18H22F2N6O4/c1-11(28)21-8-12-9-26(23-22-12)13-6-14(19)17(15(20)7-13)24-2-4-25(5-3-24)18(30)16(29)10-27/h6-7,9,16,27,29H,2-5,8,10H2,1H3,(H,21,28)/t16-/m1/s1. The number of carbonyl (C=O) groups excluding carboxylic acids is 2. The van der Waals surface area contributed by atoms with Crippen LogP contribution in [0.2, 0.25) is 0 Å². The lowest BCUT2D eigenvalue weighted by molar-refractivity contribution is -0.142. The van der Waals surface area contributed by atoms with Crippen molar-refractivity contribution < 1.29 is 28.6 Å². The van der Waals surface area contributed by atoms with E-state index in [0.29, 0.717) is 5.69 Å². The Morgan fingerprint density at radius 1 is 1.20 bits per heavy atom. The van der Waals surface area contributed by atoms with E-state index in [2.05, 4.69) is 15.6 Å². The van der Waals surface area contributed by atoms with Crippen molar-refractivity contribution in [1.29, 1.82) is 0 Å². The molecule has 0 unspecified atom stereocenters. The summed E-state index contributed by atoms with van der Waals surface area (Å²) in [5.74, 6) is -2.44. The molecule has 1 aromatic carbocycles. The molecule has 0 bridgehead atoms. The number of hydrogen-bond donors (Lipinski definition) is 3. The largest absolute Gasteiger partial charge is 0.393 e. The van der Waals surface area contributed by atoms with Gasteiger partial charge in [-0.15, -0.1) is 5.10 Å². The van der Waals surface area contributed by atoms with Gasteiger partial charge in [-0.1, -0.05) is 5.21 Å². The number of aliphatic hydroxyl groups excluding tert-OH is 2. The fourth-order valence-electron chi connectivity index (χ4n) is 3.15. The third-order valence-electron chi connectivity index (χ3n) is 4.69. The summed E-state index contributed by atoms with van der Waals surface area (Å²) in [6.45, 7) is 1.48. The third kappa shape index (κ3) is 4.71. The van der Waals surface area contributed by atoms with Crippen LogP contribution in [0.4, 0.5) is 14.5 Å². The molecule has 1 aliphatic rings. The van der Waals surface area contributed by atoms with Crippen molar-refractivity contribution in [2.45, 2.75) is 19.6 Å². The maximum atomic E-state index is 14.7. The van der Waals surface area contributed by atoms with E-state index < -0.39 is 30.3 Å². The van der Waals surface area contributed by atoms with Gasteiger partial charge in [0.15, 0.2) is 17.7 Å². The normalized spacial score (nSPS) is 15.2. The fraction of sp³-hybridized carbons (Fsp3) is 0.444. The highest BCUT2D eigenvalue weighted by atomic mass is 19.1. The van der Waals surface area contributed by atoms with Crippen LogP contribution in [0.25, 0.3) is 5.69 Å². The molecule has 1 saturated heterocycles. The Labute approximate surface area is 170 Å². The molecule has 3 N–H and O–H groups in total. The van der Waals surface area contributed by atoms with Gasteiger partial charge in [-0.25, -0.2) is 13.5 Å². The molecule has 0 saturated carbocycles. The van der Waals surface area contributed by atoms with Gasteiger partial charge in [-0.3, -0.25) is 9.59 Å². The summed E-state index contributed by atoms with van der Waals surface area (Å²) in [6, 6.07) is 2.25. The van der Waals surface area contributed by atoms with E-state index in [4.69, 9.17) is 5.11 Å². The monoisotopic (exact) mass is 424 g/mol. The highest BCUT2D eigenvalue weighted by Gasteiger charge is 2.28. The highest BCUT2D eigenvalue weighted by molar-refractivity contribution is 5.81. The van der Waals surface area contributed by atoms with Crippen molar-refractivity contribution in [3.63, 3.8) is 0 Å². The van der Waals surface area contributed by atoms with Gasteiger partial charge in [0.2, 0.25) is 5.91 Å². The summed E-state index contributed by atoms with van der Waals surface area (Å²) >= 11 is 0. The Morgan fingerprint density at radius 2 is 1.83 bits per heavy atom. The van der Waals surface area contributed by atoms with Crippen LogP contribution < -0.4 is 10.2 Å². The number of aromatic nitrogens is 3. The maximum absolute atomic E-state index is 14.7. The maximum Gasteiger partial charge on any atom is 0.253 e. The Morgan fingerprint density at radius 3 is 2.40 bits per heavy atom. The van der Waals surface area contributed by atoms with Gasteiger partial charge < -0.3 is 25.3 Å². The zero-order valence-electron chi connectivity index (χ0n) is 16.3. The van der Waals surface area contributed by atoms with E-state index in [0.717, 1.165) is 12.1 Å². The second-order valence-corrected chi connectivity index (χ2v) is 6.83. The van der Waals surface area contributed by atoms with Crippen LogP contribution in [0.3, 0.4) is 0 Å². The molecule has 2 aromatic rings. The summed E-state index contributed by atoms with van der Waals surface area (Å²) in [4.78, 5) is 25.7. The first-order valence-electron chi connectivity index (χ1n) is 9.28. The lowest BCUT2D eigenvalue weighted by atomic mass is 10.2. The van der Waals surface area contributed by atoms with Crippen molar-refractivity contribution >= 4 is 17.5 Å². The molecule has 0 radical (unpaired) electrons. The van der Waals surface area contributed by atoms with Crippen LogP contribution in [0.15, 0.2) is 18.3 Å². The first kappa shape index (κ1) is 21.6. The van der Waals surface area contributed by atoms with Crippen LogP contribution in [-0.2, 0) is 16.1 Å². The Hall–Kier alpha value is -3.12. The first-order valence-corrected chi connectivity index (χ1v) is 9.28. The number of amides is 2. The predicted molar refractivity (Wildman–Crippen MR) is 101 cm³/mol. The molecule has 1 aliphatic heterocycles.